The van der Waals surface area contributed by atoms with Crippen molar-refractivity contribution in [2.45, 2.75) is 6.10 Å². The van der Waals surface area contributed by atoms with Crippen molar-refractivity contribution >= 4 is 28.8 Å². The average Bonchev–Trinajstić information content (AvgIpc) is 3.15. The van der Waals surface area contributed by atoms with Crippen LogP contribution < -0.4 is 15.0 Å². The third-order valence-corrected chi connectivity index (χ3v) is 4.60. The lowest BCUT2D eigenvalue weighted by molar-refractivity contribution is -0.129. The number of thiophene rings is 1. The van der Waals surface area contributed by atoms with Gasteiger partial charge in [-0.15, -0.1) is 11.3 Å². The van der Waals surface area contributed by atoms with Crippen molar-refractivity contribution in [2.75, 3.05) is 31.7 Å². The van der Waals surface area contributed by atoms with Crippen molar-refractivity contribution < 1.29 is 19.1 Å². The maximum atomic E-state index is 12.1. The number of carbonyl (C=O) groups excluding carboxylic acids is 2. The number of nitrogens with zero attached hydrogens (tertiary/aromatic N) is 1. The molecule has 126 valence electrons. The van der Waals surface area contributed by atoms with Gasteiger partial charge in [-0.2, -0.15) is 0 Å². The van der Waals surface area contributed by atoms with Crippen molar-refractivity contribution in [1.29, 1.82) is 0 Å². The van der Waals surface area contributed by atoms with Crippen LogP contribution in [0, 0.1) is 0 Å². The lowest BCUT2D eigenvalue weighted by Crippen LogP contribution is -2.50. The lowest BCUT2D eigenvalue weighted by Gasteiger charge is -2.33. The minimum atomic E-state index is -0.252. The highest BCUT2D eigenvalue weighted by Crippen LogP contribution is 2.23. The summed E-state index contributed by atoms with van der Waals surface area (Å²) in [6, 6.07) is 10.9. The van der Waals surface area contributed by atoms with Crippen molar-refractivity contribution in [3.05, 3.63) is 46.7 Å². The number of hydrogen-bond acceptors (Lipinski definition) is 5. The van der Waals surface area contributed by atoms with Gasteiger partial charge in [0, 0.05) is 18.3 Å². The Morgan fingerprint density at radius 3 is 3.04 bits per heavy atom. The summed E-state index contributed by atoms with van der Waals surface area (Å²) in [5.74, 6) is 0.455. The molecule has 0 saturated carbocycles. The van der Waals surface area contributed by atoms with Gasteiger partial charge in [-0.25, -0.2) is 0 Å². The molecule has 0 bridgehead atoms. The molecule has 2 amide bonds. The number of nitrogens with one attached hydrogen (secondary N) is 1. The van der Waals surface area contributed by atoms with Crippen LogP contribution in [0.4, 0.5) is 5.69 Å². The number of benzene rings is 1. The van der Waals surface area contributed by atoms with Gasteiger partial charge in [0.1, 0.15) is 12.4 Å². The quantitative estimate of drug-likeness (QED) is 0.898. The van der Waals surface area contributed by atoms with Gasteiger partial charge in [0.25, 0.3) is 11.8 Å². The summed E-state index contributed by atoms with van der Waals surface area (Å²) >= 11 is 1.39. The maximum Gasteiger partial charge on any atom is 0.261 e. The summed E-state index contributed by atoms with van der Waals surface area (Å²) in [6.07, 6.45) is -0.252. The zero-order valence-corrected chi connectivity index (χ0v) is 14.0. The topological polar surface area (TPSA) is 67.9 Å². The summed E-state index contributed by atoms with van der Waals surface area (Å²) in [4.78, 5) is 26.5. The predicted molar refractivity (Wildman–Crippen MR) is 91.7 cm³/mol. The van der Waals surface area contributed by atoms with Crippen LogP contribution in [0.1, 0.15) is 9.67 Å². The van der Waals surface area contributed by atoms with Gasteiger partial charge in [-0.3, -0.25) is 9.59 Å². The van der Waals surface area contributed by atoms with Gasteiger partial charge >= 0.3 is 0 Å². The number of amides is 2. The fourth-order valence-corrected chi connectivity index (χ4v) is 3.12. The summed E-state index contributed by atoms with van der Waals surface area (Å²) in [6.45, 7) is 0.734. The third-order valence-electron chi connectivity index (χ3n) is 3.73. The summed E-state index contributed by atoms with van der Waals surface area (Å²) in [7, 11) is 1.59. The molecule has 0 radical (unpaired) electrons. The zero-order valence-electron chi connectivity index (χ0n) is 13.2. The standard InChI is InChI=1S/C17H18N2O4S/c1-22-13-5-2-4-12(8-13)19-10-14(23-11-16(19)20)9-18-17(21)15-6-3-7-24-15/h2-8,14H,9-11H2,1H3,(H,18,21). The molecular formula is C17H18N2O4S. The minimum absolute atomic E-state index is 0.00323. The molecule has 1 atom stereocenters. The highest BCUT2D eigenvalue weighted by molar-refractivity contribution is 7.12. The van der Waals surface area contributed by atoms with E-state index < -0.39 is 0 Å². The van der Waals surface area contributed by atoms with Crippen LogP contribution >= 0.6 is 11.3 Å². The average molecular weight is 346 g/mol. The van der Waals surface area contributed by atoms with Crippen molar-refractivity contribution in [3.63, 3.8) is 0 Å². The molecule has 2 heterocycles. The van der Waals surface area contributed by atoms with Crippen molar-refractivity contribution in [1.82, 2.24) is 5.32 Å². The van der Waals surface area contributed by atoms with Crippen LogP contribution in [0.25, 0.3) is 0 Å². The molecule has 24 heavy (non-hydrogen) atoms. The first kappa shape index (κ1) is 16.5. The minimum Gasteiger partial charge on any atom is -0.497 e. The Morgan fingerprint density at radius 2 is 2.29 bits per heavy atom. The summed E-state index contributed by atoms with van der Waals surface area (Å²) < 4.78 is 10.7. The van der Waals surface area contributed by atoms with Gasteiger partial charge in [0.2, 0.25) is 0 Å². The number of carbonyl (C=O) groups is 2. The van der Waals surface area contributed by atoms with E-state index in [0.29, 0.717) is 23.7 Å². The Balaban J connectivity index is 1.62. The molecule has 1 aromatic heterocycles. The van der Waals surface area contributed by atoms with Crippen LogP contribution in [0.3, 0.4) is 0 Å². The number of ether oxygens (including phenoxy) is 2. The van der Waals surface area contributed by atoms with E-state index in [0.717, 1.165) is 5.69 Å². The first-order valence-electron chi connectivity index (χ1n) is 7.55. The van der Waals surface area contributed by atoms with E-state index in [9.17, 15) is 9.59 Å². The predicted octanol–water partition coefficient (Wildman–Crippen LogP) is 1.92. The largest absolute Gasteiger partial charge is 0.497 e. The first-order valence-corrected chi connectivity index (χ1v) is 8.43. The second kappa shape index (κ2) is 7.46. The third kappa shape index (κ3) is 3.74. The van der Waals surface area contributed by atoms with Crippen LogP contribution in [0.5, 0.6) is 5.75 Å². The van der Waals surface area contributed by atoms with E-state index in [-0.39, 0.29) is 24.5 Å². The van der Waals surface area contributed by atoms with Crippen LogP contribution in [-0.4, -0.2) is 44.7 Å². The Labute approximate surface area is 144 Å². The molecule has 1 unspecified atom stereocenters. The van der Waals surface area contributed by atoms with Crippen LogP contribution in [0.15, 0.2) is 41.8 Å². The number of anilines is 1. The van der Waals surface area contributed by atoms with Crippen molar-refractivity contribution in [3.8, 4) is 5.75 Å². The highest BCUT2D eigenvalue weighted by Gasteiger charge is 2.28. The first-order chi connectivity index (χ1) is 11.7. The van der Waals surface area contributed by atoms with E-state index >= 15 is 0 Å². The molecule has 1 aliphatic rings. The van der Waals surface area contributed by atoms with Gasteiger partial charge in [0.05, 0.1) is 24.6 Å². The monoisotopic (exact) mass is 346 g/mol. The Bertz CT molecular complexity index is 717. The molecule has 1 fully saturated rings. The van der Waals surface area contributed by atoms with E-state index in [2.05, 4.69) is 5.32 Å². The lowest BCUT2D eigenvalue weighted by atomic mass is 10.2. The molecule has 1 saturated heterocycles. The molecule has 1 aromatic carbocycles. The highest BCUT2D eigenvalue weighted by atomic mass is 32.1. The number of methoxy groups -OCH3 is 1. The SMILES string of the molecule is COc1cccc(N2CC(CNC(=O)c3cccs3)OCC2=O)c1. The summed E-state index contributed by atoms with van der Waals surface area (Å²) in [5, 5.41) is 4.70. The fraction of sp³-hybridized carbons (Fsp3) is 0.294. The molecule has 2 aromatic rings. The normalized spacial score (nSPS) is 17.6. The Morgan fingerprint density at radius 1 is 1.42 bits per heavy atom. The molecule has 1 aliphatic heterocycles. The summed E-state index contributed by atoms with van der Waals surface area (Å²) in [5.41, 5.74) is 0.761. The number of morpholine rings is 1. The molecular weight excluding hydrogens is 328 g/mol. The molecule has 6 nitrogen and oxygen atoms in total. The van der Waals surface area contributed by atoms with Gasteiger partial charge in [-0.1, -0.05) is 12.1 Å². The molecule has 3 rings (SSSR count). The van der Waals surface area contributed by atoms with Gasteiger partial charge in [-0.05, 0) is 23.6 Å². The van der Waals surface area contributed by atoms with Gasteiger partial charge < -0.3 is 19.7 Å². The molecule has 0 spiro atoms. The van der Waals surface area contributed by atoms with E-state index in [4.69, 9.17) is 9.47 Å². The second-order valence-corrected chi connectivity index (χ2v) is 6.27. The maximum absolute atomic E-state index is 12.1. The van der Waals surface area contributed by atoms with E-state index in [1.54, 1.807) is 18.1 Å². The second-order valence-electron chi connectivity index (χ2n) is 5.33. The molecule has 0 aliphatic carbocycles. The molecule has 1 N–H and O–H groups in total. The Hall–Kier alpha value is -2.38. The van der Waals surface area contributed by atoms with Gasteiger partial charge in [0.15, 0.2) is 0 Å². The number of hydrogen-bond donors (Lipinski definition) is 1. The van der Waals surface area contributed by atoms with Crippen LogP contribution in [-0.2, 0) is 9.53 Å². The van der Waals surface area contributed by atoms with E-state index in [1.807, 2.05) is 35.7 Å². The zero-order chi connectivity index (χ0) is 16.9. The Kier molecular flexibility index (Phi) is 5.12. The smallest absolute Gasteiger partial charge is 0.261 e. The van der Waals surface area contributed by atoms with E-state index in [1.165, 1.54) is 11.3 Å². The molecule has 7 heteroatoms. The van der Waals surface area contributed by atoms with Crippen molar-refractivity contribution in [2.24, 2.45) is 0 Å². The van der Waals surface area contributed by atoms with Crippen LogP contribution in [0.2, 0.25) is 0 Å². The number of rotatable bonds is 5. The fourth-order valence-electron chi connectivity index (χ4n) is 2.48.